The van der Waals surface area contributed by atoms with Gasteiger partial charge in [0.25, 0.3) is 0 Å². The molecule has 1 heterocycles. The first-order valence-corrected chi connectivity index (χ1v) is 19.4. The van der Waals surface area contributed by atoms with Crippen molar-refractivity contribution in [3.8, 4) is 0 Å². The first-order chi connectivity index (χ1) is 22.2. The van der Waals surface area contributed by atoms with Crippen molar-refractivity contribution in [3.63, 3.8) is 0 Å². The van der Waals surface area contributed by atoms with E-state index in [4.69, 9.17) is 0 Å². The van der Waals surface area contributed by atoms with Crippen molar-refractivity contribution < 1.29 is 4.79 Å². The minimum Gasteiger partial charge on any atom is -0.365 e. The van der Waals surface area contributed by atoms with Crippen LogP contribution in [0.3, 0.4) is 0 Å². The molecule has 0 bridgehead atoms. The van der Waals surface area contributed by atoms with Crippen LogP contribution in [-0.4, -0.2) is 29.3 Å². The third-order valence-corrected chi connectivity index (χ3v) is 9.43. The third kappa shape index (κ3) is 17.6. The van der Waals surface area contributed by atoms with E-state index >= 15 is 0 Å². The van der Waals surface area contributed by atoms with Crippen LogP contribution in [0.4, 0.5) is 0 Å². The van der Waals surface area contributed by atoms with Gasteiger partial charge in [-0.3, -0.25) is 4.79 Å². The lowest BCUT2D eigenvalue weighted by Gasteiger charge is -2.29. The van der Waals surface area contributed by atoms with Crippen molar-refractivity contribution in [3.05, 3.63) is 71.6 Å². The molecule has 264 valence electrons. The number of ketones is 1. The first kappa shape index (κ1) is 43.7. The summed E-state index contributed by atoms with van der Waals surface area (Å²) in [7, 11) is 0. The molecule has 1 saturated heterocycles. The number of rotatable bonds is 16. The van der Waals surface area contributed by atoms with Crippen molar-refractivity contribution in [1.29, 1.82) is 0 Å². The molecule has 3 unspecified atom stereocenters. The van der Waals surface area contributed by atoms with Crippen molar-refractivity contribution in [1.82, 2.24) is 10.2 Å². The van der Waals surface area contributed by atoms with Gasteiger partial charge < -0.3 is 10.2 Å². The van der Waals surface area contributed by atoms with Crippen molar-refractivity contribution >= 4 is 5.78 Å². The predicted octanol–water partition coefficient (Wildman–Crippen LogP) is 12.8. The van der Waals surface area contributed by atoms with E-state index in [1.54, 1.807) is 6.92 Å². The molecule has 0 radical (unpaired) electrons. The molecule has 46 heavy (non-hydrogen) atoms. The second kappa shape index (κ2) is 26.7. The van der Waals surface area contributed by atoms with Gasteiger partial charge in [-0.2, -0.15) is 0 Å². The summed E-state index contributed by atoms with van der Waals surface area (Å²) in [4.78, 5) is 13.5. The van der Waals surface area contributed by atoms with Crippen molar-refractivity contribution in [2.45, 2.75) is 171 Å². The highest BCUT2D eigenvalue weighted by molar-refractivity contribution is 5.96. The summed E-state index contributed by atoms with van der Waals surface area (Å²) < 4.78 is 0. The van der Waals surface area contributed by atoms with Crippen molar-refractivity contribution in [2.75, 3.05) is 13.1 Å². The summed E-state index contributed by atoms with van der Waals surface area (Å²) in [6.45, 7) is 26.3. The number of allylic oxidation sites excluding steroid dienone is 5. The van der Waals surface area contributed by atoms with Gasteiger partial charge in [-0.05, 0) is 74.8 Å². The minimum absolute atomic E-state index is 0.170. The van der Waals surface area contributed by atoms with E-state index in [-0.39, 0.29) is 5.78 Å². The Hall–Kier alpha value is -2.29. The Kier molecular flexibility index (Phi) is 25.4. The van der Waals surface area contributed by atoms with E-state index in [2.05, 4.69) is 108 Å². The van der Waals surface area contributed by atoms with Crippen LogP contribution < -0.4 is 5.32 Å². The maximum Gasteiger partial charge on any atom is 0.159 e. The van der Waals surface area contributed by atoms with Gasteiger partial charge >= 0.3 is 0 Å². The molecular weight excluding hydrogens is 560 g/mol. The molecule has 0 saturated carbocycles. The Labute approximate surface area is 287 Å². The smallest absolute Gasteiger partial charge is 0.159 e. The summed E-state index contributed by atoms with van der Waals surface area (Å²) >= 11 is 0. The molecule has 3 atom stereocenters. The van der Waals surface area contributed by atoms with Crippen LogP contribution in [-0.2, 0) is 4.79 Å². The number of Topliss-reactive ketones (excluding diaryl/α,β-unsaturated/α-hetero) is 1. The quantitative estimate of drug-likeness (QED) is 0.196. The van der Waals surface area contributed by atoms with Crippen LogP contribution in [0.15, 0.2) is 66.0 Å². The fourth-order valence-electron chi connectivity index (χ4n) is 6.16. The molecule has 1 aromatic rings. The molecule has 0 amide bonds. The number of carbonyl (C=O) groups excluding carboxylic acids is 1. The van der Waals surface area contributed by atoms with E-state index in [9.17, 15) is 4.79 Å². The van der Waals surface area contributed by atoms with Gasteiger partial charge in [-0.15, -0.1) is 0 Å². The standard InChI is InChI=1S/C22H44N2.C10H14.C9H12O.C2H6/c1-6-11-16-22(17-12-7-2)19-24(21(23-22)14-9-4)18-15-20(10-5)13-8-3;1-3-9(2)10-7-5-4-6-8-10;1-7-3-5-9(6-4-7)8(2)10;1-2/h14,20,23H,6-13,15-19H2,1-5H3;4-9H,3H2,1-2H3;3,5-7H,4H2,1-2H3;1-2H3/b21-14-;;;. The maximum atomic E-state index is 10.8. The Morgan fingerprint density at radius 3 is 2.04 bits per heavy atom. The highest BCUT2D eigenvalue weighted by atomic mass is 16.1. The predicted molar refractivity (Wildman–Crippen MR) is 206 cm³/mol. The SMILES string of the molecule is CC.CC(=O)C1=CCC(C)C=C1.CC/C=C1/NC(CCCC)(CCCC)CN1CCC(CC)CCC.CCC(C)c1ccccc1. The molecule has 1 aliphatic heterocycles. The normalized spacial score (nSPS) is 18.5. The molecule has 2 aliphatic rings. The van der Waals surface area contributed by atoms with Crippen molar-refractivity contribution in [2.24, 2.45) is 11.8 Å². The molecule has 1 aliphatic carbocycles. The van der Waals surface area contributed by atoms with Gasteiger partial charge in [0, 0.05) is 18.7 Å². The number of nitrogens with zero attached hydrogens (tertiary/aromatic N) is 1. The van der Waals surface area contributed by atoms with E-state index in [0.29, 0.717) is 17.4 Å². The molecular formula is C43H76N2O. The number of nitrogens with one attached hydrogen (secondary N) is 1. The Bertz CT molecular complexity index is 968. The Morgan fingerprint density at radius 1 is 0.957 bits per heavy atom. The second-order valence-corrected chi connectivity index (χ2v) is 13.4. The van der Waals surface area contributed by atoms with Crippen LogP contribution in [0.25, 0.3) is 0 Å². The molecule has 3 rings (SSSR count). The highest BCUT2D eigenvalue weighted by Crippen LogP contribution is 2.32. The van der Waals surface area contributed by atoms with E-state index in [0.717, 1.165) is 24.3 Å². The first-order valence-electron chi connectivity index (χ1n) is 19.4. The molecule has 0 aromatic heterocycles. The molecule has 3 nitrogen and oxygen atoms in total. The Balaban J connectivity index is 0.000000751. The average Bonchev–Trinajstić information content (AvgIpc) is 3.43. The topological polar surface area (TPSA) is 32.3 Å². The zero-order valence-corrected chi connectivity index (χ0v) is 32.4. The van der Waals surface area contributed by atoms with Gasteiger partial charge in [0.05, 0.1) is 11.4 Å². The summed E-state index contributed by atoms with van der Waals surface area (Å²) in [6.07, 6.45) is 25.1. The number of carbonyl (C=O) groups is 1. The summed E-state index contributed by atoms with van der Waals surface area (Å²) in [5.41, 5.74) is 2.64. The summed E-state index contributed by atoms with van der Waals surface area (Å²) in [5.74, 6) is 3.81. The van der Waals surface area contributed by atoms with Gasteiger partial charge in [0.15, 0.2) is 5.78 Å². The number of hydrogen-bond donors (Lipinski definition) is 1. The van der Waals surface area contributed by atoms with E-state index < -0.39 is 0 Å². The van der Waals surface area contributed by atoms with Crippen LogP contribution >= 0.6 is 0 Å². The molecule has 0 spiro atoms. The third-order valence-electron chi connectivity index (χ3n) is 9.43. The monoisotopic (exact) mass is 637 g/mol. The zero-order chi connectivity index (χ0) is 34.8. The zero-order valence-electron chi connectivity index (χ0n) is 32.4. The molecule has 1 fully saturated rings. The fourth-order valence-corrected chi connectivity index (χ4v) is 6.16. The number of benzene rings is 1. The number of hydrogen-bond acceptors (Lipinski definition) is 3. The van der Waals surface area contributed by atoms with Gasteiger partial charge in [0.2, 0.25) is 0 Å². The van der Waals surface area contributed by atoms with Gasteiger partial charge in [-0.25, -0.2) is 0 Å². The summed E-state index contributed by atoms with van der Waals surface area (Å²) in [6, 6.07) is 10.6. The lowest BCUT2D eigenvalue weighted by molar-refractivity contribution is -0.113. The lowest BCUT2D eigenvalue weighted by atomic mass is 9.87. The number of unbranched alkanes of at least 4 members (excludes halogenated alkanes) is 2. The molecule has 1 aromatic carbocycles. The largest absolute Gasteiger partial charge is 0.365 e. The van der Waals surface area contributed by atoms with Crippen LogP contribution in [0.5, 0.6) is 0 Å². The van der Waals surface area contributed by atoms with Gasteiger partial charge in [-0.1, -0.05) is 163 Å². The lowest BCUT2D eigenvalue weighted by Crippen LogP contribution is -2.42. The van der Waals surface area contributed by atoms with E-state index in [1.165, 1.54) is 95.1 Å². The fraction of sp³-hybridized carbons (Fsp3) is 0.698. The molecule has 1 N–H and O–H groups in total. The summed E-state index contributed by atoms with van der Waals surface area (Å²) in [5, 5.41) is 3.99. The van der Waals surface area contributed by atoms with Gasteiger partial charge in [0.1, 0.15) is 0 Å². The van der Waals surface area contributed by atoms with Crippen LogP contribution in [0.2, 0.25) is 0 Å². The van der Waals surface area contributed by atoms with E-state index in [1.807, 2.05) is 26.0 Å². The Morgan fingerprint density at radius 2 is 1.59 bits per heavy atom. The second-order valence-electron chi connectivity index (χ2n) is 13.4. The highest BCUT2D eigenvalue weighted by Gasteiger charge is 2.38. The average molecular weight is 637 g/mol. The molecule has 3 heteroatoms. The van der Waals surface area contributed by atoms with Crippen LogP contribution in [0.1, 0.15) is 171 Å². The van der Waals surface area contributed by atoms with Crippen LogP contribution in [0, 0.1) is 11.8 Å². The maximum absolute atomic E-state index is 10.8. The minimum atomic E-state index is 0.170.